The summed E-state index contributed by atoms with van der Waals surface area (Å²) in [5.41, 5.74) is -1.55. The van der Waals surface area contributed by atoms with Crippen molar-refractivity contribution >= 4 is 37.8 Å². The molecule has 2 N–H and O–H groups in total. The Morgan fingerprint density at radius 3 is 2.12 bits per heavy atom. The third-order valence-electron chi connectivity index (χ3n) is 4.37. The number of alkyl halides is 2. The molecule has 0 radical (unpaired) electrons. The van der Waals surface area contributed by atoms with Crippen molar-refractivity contribution in [2.75, 3.05) is 0 Å². The fraction of sp³-hybridized carbons (Fsp3) is 0.917. The lowest BCUT2D eigenvalue weighted by Gasteiger charge is -2.37. The maximum atomic E-state index is 11.6. The van der Waals surface area contributed by atoms with Gasteiger partial charge in [0, 0.05) is 15.6 Å². The minimum absolute atomic E-state index is 0.0456. The van der Waals surface area contributed by atoms with E-state index in [1.54, 1.807) is 0 Å². The Bertz CT molecular complexity index is 304. The number of aliphatic carboxylic acids is 1. The molecule has 0 aromatic heterocycles. The lowest BCUT2D eigenvalue weighted by atomic mass is 9.75. The summed E-state index contributed by atoms with van der Waals surface area (Å²) < 4.78 is 0. The molecular formula is C12H18Br2O3. The lowest BCUT2D eigenvalue weighted by molar-refractivity contribution is -0.172. The molecule has 0 spiro atoms. The summed E-state index contributed by atoms with van der Waals surface area (Å²) in [6, 6.07) is 0. The largest absolute Gasteiger partial charge is 0.479 e. The molecule has 0 saturated heterocycles. The highest BCUT2D eigenvalue weighted by Crippen LogP contribution is 2.48. The summed E-state index contributed by atoms with van der Waals surface area (Å²) in [7, 11) is 0. The highest BCUT2D eigenvalue weighted by Gasteiger charge is 2.55. The second-order valence-electron chi connectivity index (χ2n) is 5.26. The van der Waals surface area contributed by atoms with Gasteiger partial charge >= 0.3 is 5.97 Å². The van der Waals surface area contributed by atoms with Gasteiger partial charge in [-0.2, -0.15) is 0 Å². The maximum absolute atomic E-state index is 11.6. The van der Waals surface area contributed by atoms with Crippen molar-refractivity contribution in [3.63, 3.8) is 0 Å². The Balaban J connectivity index is 2.24. The molecule has 2 aliphatic carbocycles. The van der Waals surface area contributed by atoms with Crippen LogP contribution >= 0.6 is 31.9 Å². The van der Waals surface area contributed by atoms with Gasteiger partial charge in [0.25, 0.3) is 0 Å². The highest BCUT2D eigenvalue weighted by molar-refractivity contribution is 9.12. The molecule has 0 heterocycles. The smallest absolute Gasteiger partial charge is 0.336 e. The quantitative estimate of drug-likeness (QED) is 0.752. The lowest BCUT2D eigenvalue weighted by Crippen LogP contribution is -2.53. The zero-order valence-electron chi connectivity index (χ0n) is 9.61. The van der Waals surface area contributed by atoms with E-state index in [1.165, 1.54) is 0 Å². The van der Waals surface area contributed by atoms with Crippen LogP contribution in [-0.2, 0) is 4.79 Å². The predicted molar refractivity (Wildman–Crippen MR) is 72.7 cm³/mol. The molecule has 17 heavy (non-hydrogen) atoms. The van der Waals surface area contributed by atoms with Crippen LogP contribution in [0.1, 0.15) is 38.5 Å². The van der Waals surface area contributed by atoms with Crippen molar-refractivity contribution in [1.82, 2.24) is 0 Å². The molecular weight excluding hydrogens is 352 g/mol. The maximum Gasteiger partial charge on any atom is 0.336 e. The van der Waals surface area contributed by atoms with Crippen LogP contribution in [-0.4, -0.2) is 31.4 Å². The molecule has 2 fully saturated rings. The van der Waals surface area contributed by atoms with E-state index in [0.717, 1.165) is 38.5 Å². The fourth-order valence-electron chi connectivity index (χ4n) is 3.37. The second kappa shape index (κ2) is 5.17. The molecule has 0 aromatic rings. The van der Waals surface area contributed by atoms with E-state index in [-0.39, 0.29) is 21.5 Å². The molecule has 2 rings (SSSR count). The number of carbonyl (C=O) groups is 1. The average molecular weight is 370 g/mol. The van der Waals surface area contributed by atoms with Gasteiger partial charge in [0.15, 0.2) is 5.60 Å². The molecule has 4 unspecified atom stereocenters. The van der Waals surface area contributed by atoms with Crippen LogP contribution in [0.2, 0.25) is 0 Å². The van der Waals surface area contributed by atoms with Crippen LogP contribution in [0.3, 0.4) is 0 Å². The number of halogens is 2. The van der Waals surface area contributed by atoms with Crippen LogP contribution in [0.5, 0.6) is 0 Å². The molecule has 0 aromatic carbocycles. The monoisotopic (exact) mass is 368 g/mol. The Hall–Kier alpha value is 0.390. The van der Waals surface area contributed by atoms with Gasteiger partial charge in [-0.25, -0.2) is 4.79 Å². The first-order valence-corrected chi connectivity index (χ1v) is 8.05. The topological polar surface area (TPSA) is 57.5 Å². The van der Waals surface area contributed by atoms with E-state index in [9.17, 15) is 15.0 Å². The molecule has 3 nitrogen and oxygen atoms in total. The highest BCUT2D eigenvalue weighted by atomic mass is 79.9. The van der Waals surface area contributed by atoms with Crippen molar-refractivity contribution in [2.45, 2.75) is 53.8 Å². The molecule has 0 amide bonds. The van der Waals surface area contributed by atoms with E-state index < -0.39 is 11.6 Å². The summed E-state index contributed by atoms with van der Waals surface area (Å²) in [5, 5.41) is 20.2. The van der Waals surface area contributed by atoms with Crippen LogP contribution in [0, 0.1) is 11.8 Å². The standard InChI is InChI=1S/C12H18Br2O3/c13-9-6-5-8(10(9)14)12(17,11(15)16)7-3-1-2-4-7/h7-10,17H,1-6H2,(H,15,16). The first-order valence-electron chi connectivity index (χ1n) is 6.21. The van der Waals surface area contributed by atoms with Crippen molar-refractivity contribution in [1.29, 1.82) is 0 Å². The molecule has 98 valence electrons. The Morgan fingerprint density at radius 1 is 1.12 bits per heavy atom. The van der Waals surface area contributed by atoms with Gasteiger partial charge in [0.1, 0.15) is 0 Å². The van der Waals surface area contributed by atoms with Crippen LogP contribution in [0.15, 0.2) is 0 Å². The zero-order valence-corrected chi connectivity index (χ0v) is 12.8. The molecule has 5 heteroatoms. The van der Waals surface area contributed by atoms with E-state index >= 15 is 0 Å². The summed E-state index contributed by atoms with van der Waals surface area (Å²) in [5.74, 6) is -1.31. The van der Waals surface area contributed by atoms with E-state index in [0.29, 0.717) is 0 Å². The van der Waals surface area contributed by atoms with Crippen LogP contribution in [0.4, 0.5) is 0 Å². The number of rotatable bonds is 3. The average Bonchev–Trinajstić information content (AvgIpc) is 2.90. The summed E-state index contributed by atoms with van der Waals surface area (Å²) in [6.07, 6.45) is 5.45. The van der Waals surface area contributed by atoms with Crippen molar-refractivity contribution < 1.29 is 15.0 Å². The second-order valence-corrected chi connectivity index (χ2v) is 7.49. The van der Waals surface area contributed by atoms with Gasteiger partial charge in [-0.05, 0) is 31.6 Å². The Kier molecular flexibility index (Phi) is 4.20. The van der Waals surface area contributed by atoms with E-state index in [2.05, 4.69) is 31.9 Å². The Labute approximate surface area is 118 Å². The summed E-state index contributed by atoms with van der Waals surface area (Å²) >= 11 is 7.09. The van der Waals surface area contributed by atoms with Gasteiger partial charge in [-0.1, -0.05) is 44.7 Å². The van der Waals surface area contributed by atoms with Gasteiger partial charge in [0.2, 0.25) is 0 Å². The van der Waals surface area contributed by atoms with Gasteiger partial charge < -0.3 is 10.2 Å². The summed E-state index contributed by atoms with van der Waals surface area (Å²) in [4.78, 5) is 11.9. The van der Waals surface area contributed by atoms with E-state index in [4.69, 9.17) is 0 Å². The zero-order chi connectivity index (χ0) is 12.6. The number of carboxylic acids is 1. The molecule has 2 saturated carbocycles. The number of carboxylic acid groups (broad SMARTS) is 1. The van der Waals surface area contributed by atoms with Crippen LogP contribution in [0.25, 0.3) is 0 Å². The molecule has 0 aliphatic heterocycles. The summed E-state index contributed by atoms with van der Waals surface area (Å²) in [6.45, 7) is 0. The van der Waals surface area contributed by atoms with Crippen molar-refractivity contribution in [3.05, 3.63) is 0 Å². The minimum Gasteiger partial charge on any atom is -0.479 e. The fourth-order valence-corrected chi connectivity index (χ4v) is 4.94. The first kappa shape index (κ1) is 13.8. The molecule has 0 bridgehead atoms. The molecule has 2 aliphatic rings. The third kappa shape index (κ3) is 2.30. The van der Waals surface area contributed by atoms with Gasteiger partial charge in [-0.3, -0.25) is 0 Å². The van der Waals surface area contributed by atoms with Crippen molar-refractivity contribution in [2.24, 2.45) is 11.8 Å². The van der Waals surface area contributed by atoms with Crippen molar-refractivity contribution in [3.8, 4) is 0 Å². The third-order valence-corrected chi connectivity index (χ3v) is 7.38. The Morgan fingerprint density at radius 2 is 1.71 bits per heavy atom. The minimum atomic E-state index is -1.55. The number of hydrogen-bond acceptors (Lipinski definition) is 2. The van der Waals surface area contributed by atoms with E-state index in [1.807, 2.05) is 0 Å². The normalized spacial score (nSPS) is 38.2. The van der Waals surface area contributed by atoms with Crippen LogP contribution < -0.4 is 0 Å². The molecule has 4 atom stereocenters. The number of hydrogen-bond donors (Lipinski definition) is 2. The van der Waals surface area contributed by atoms with Gasteiger partial charge in [-0.15, -0.1) is 0 Å². The SMILES string of the molecule is O=C(O)C(O)(C1CCCC1)C1CCC(Br)C1Br. The predicted octanol–water partition coefficient (Wildman–Crippen LogP) is 2.93. The van der Waals surface area contributed by atoms with Gasteiger partial charge in [0.05, 0.1) is 0 Å². The number of aliphatic hydroxyl groups is 1. The first-order chi connectivity index (χ1) is 7.98.